The third kappa shape index (κ3) is 7.89. The molecule has 0 unspecified atom stereocenters. The lowest BCUT2D eigenvalue weighted by Crippen LogP contribution is -2.06. The predicted octanol–water partition coefficient (Wildman–Crippen LogP) is 8.16. The Labute approximate surface area is 194 Å². The lowest BCUT2D eigenvalue weighted by molar-refractivity contribution is 0.240. The first-order valence-electron chi connectivity index (χ1n) is 12.6. The normalized spacial score (nSPS) is 14.6. The molecule has 3 heterocycles. The Balaban J connectivity index is 1.45. The van der Waals surface area contributed by atoms with Gasteiger partial charge >= 0.3 is 0 Å². The first kappa shape index (κ1) is 24.2. The van der Waals surface area contributed by atoms with Crippen molar-refractivity contribution >= 4 is 5.71 Å². The van der Waals surface area contributed by atoms with Gasteiger partial charge in [-0.15, -0.1) is 0 Å². The highest BCUT2D eigenvalue weighted by Crippen LogP contribution is 2.28. The van der Waals surface area contributed by atoms with Crippen molar-refractivity contribution in [1.82, 2.24) is 9.97 Å². The molecule has 2 N–H and O–H groups in total. The van der Waals surface area contributed by atoms with Crippen LogP contribution in [0.2, 0.25) is 0 Å². The summed E-state index contributed by atoms with van der Waals surface area (Å²) in [6.07, 6.45) is 22.7. The largest absolute Gasteiger partial charge is 0.489 e. The summed E-state index contributed by atoms with van der Waals surface area (Å²) in [6, 6.07) is 6.16. The number of unbranched alkanes of at least 4 members (excludes halogenated alkanes) is 8. The number of hydrogen-bond acceptors (Lipinski definition) is 2. The summed E-state index contributed by atoms with van der Waals surface area (Å²) in [5.74, 6) is 0.919. The zero-order valence-electron chi connectivity index (χ0n) is 20.3. The molecule has 0 bridgehead atoms. The van der Waals surface area contributed by atoms with Crippen LogP contribution in [0.15, 0.2) is 53.3 Å². The van der Waals surface area contributed by atoms with E-state index in [0.717, 1.165) is 41.4 Å². The first-order valence-corrected chi connectivity index (χ1v) is 12.6. The summed E-state index contributed by atoms with van der Waals surface area (Å²) in [5, 5.41) is 0. The highest BCUT2D eigenvalue weighted by Gasteiger charge is 2.13. The van der Waals surface area contributed by atoms with Gasteiger partial charge in [0.1, 0.15) is 5.75 Å². The smallest absolute Gasteiger partial charge is 0.141 e. The Morgan fingerprint density at radius 1 is 0.969 bits per heavy atom. The Morgan fingerprint density at radius 2 is 1.72 bits per heavy atom. The average Bonchev–Trinajstić information content (AvgIpc) is 3.52. The van der Waals surface area contributed by atoms with Crippen LogP contribution in [0, 0.1) is 0 Å². The second kappa shape index (κ2) is 13.1. The number of aromatic nitrogens is 2. The van der Waals surface area contributed by atoms with Crippen molar-refractivity contribution in [3.63, 3.8) is 0 Å². The summed E-state index contributed by atoms with van der Waals surface area (Å²) in [7, 11) is 0. The van der Waals surface area contributed by atoms with Crippen LogP contribution in [0.25, 0.3) is 11.4 Å². The second-order valence-corrected chi connectivity index (χ2v) is 9.12. The van der Waals surface area contributed by atoms with Gasteiger partial charge in [0.15, 0.2) is 0 Å². The Morgan fingerprint density at radius 3 is 2.41 bits per heavy atom. The van der Waals surface area contributed by atoms with E-state index in [0.29, 0.717) is 0 Å². The van der Waals surface area contributed by atoms with Crippen LogP contribution >= 0.6 is 0 Å². The maximum atomic E-state index is 6.04. The van der Waals surface area contributed by atoms with Gasteiger partial charge in [0.25, 0.3) is 0 Å². The molecule has 0 fully saturated rings. The molecule has 0 aliphatic carbocycles. The van der Waals surface area contributed by atoms with Crippen LogP contribution in [0.3, 0.4) is 0 Å². The number of H-pyrrole nitrogens is 2. The summed E-state index contributed by atoms with van der Waals surface area (Å²) in [6.45, 7) is 6.40. The molecule has 0 amide bonds. The standard InChI is InChI=1S/C28H41N3O/c1-4-5-6-7-8-9-10-11-12-14-23-16-17-24(30-23)18-19-26-28(32-22(2)3)21-27(31-26)25-15-13-20-29-25/h13,15-18,20-22,29,31H,4-12,14,19H2,1-3H3. The Bertz CT molecular complexity index is 884. The van der Waals surface area contributed by atoms with Gasteiger partial charge < -0.3 is 14.7 Å². The van der Waals surface area contributed by atoms with E-state index < -0.39 is 0 Å². The molecule has 0 atom stereocenters. The minimum atomic E-state index is 0.140. The molecule has 4 heteroatoms. The van der Waals surface area contributed by atoms with Crippen molar-refractivity contribution in [2.45, 2.75) is 97.5 Å². The van der Waals surface area contributed by atoms with E-state index in [1.165, 1.54) is 63.5 Å². The second-order valence-electron chi connectivity index (χ2n) is 9.12. The predicted molar refractivity (Wildman–Crippen MR) is 137 cm³/mol. The number of aromatic amines is 2. The van der Waals surface area contributed by atoms with Crippen molar-refractivity contribution in [2.24, 2.45) is 4.99 Å². The highest BCUT2D eigenvalue weighted by atomic mass is 16.5. The molecular formula is C28H41N3O. The van der Waals surface area contributed by atoms with Crippen LogP contribution in [-0.2, 0) is 6.42 Å². The SMILES string of the molecule is CCCCCCCCCCCC1=NC(=CCc2[nH]c(-c3ccc[nH]3)cc2OC(C)C)C=C1. The number of allylic oxidation sites excluding steroid dienone is 3. The molecule has 0 saturated carbocycles. The molecule has 32 heavy (non-hydrogen) atoms. The minimum absolute atomic E-state index is 0.140. The lowest BCUT2D eigenvalue weighted by atomic mass is 10.1. The molecule has 2 aromatic rings. The van der Waals surface area contributed by atoms with Gasteiger partial charge in [-0.05, 0) is 51.0 Å². The summed E-state index contributed by atoms with van der Waals surface area (Å²) < 4.78 is 6.04. The van der Waals surface area contributed by atoms with Crippen molar-refractivity contribution in [1.29, 1.82) is 0 Å². The molecule has 2 aromatic heterocycles. The number of hydrogen-bond donors (Lipinski definition) is 2. The van der Waals surface area contributed by atoms with Gasteiger partial charge in [-0.25, -0.2) is 0 Å². The third-order valence-corrected chi connectivity index (χ3v) is 5.88. The summed E-state index contributed by atoms with van der Waals surface area (Å²) >= 11 is 0. The van der Waals surface area contributed by atoms with E-state index in [4.69, 9.17) is 9.73 Å². The van der Waals surface area contributed by atoms with Crippen LogP contribution in [0.1, 0.15) is 90.7 Å². The van der Waals surface area contributed by atoms with Gasteiger partial charge in [0, 0.05) is 24.4 Å². The summed E-state index contributed by atoms with van der Waals surface area (Å²) in [4.78, 5) is 11.6. The van der Waals surface area contributed by atoms with E-state index in [-0.39, 0.29) is 6.10 Å². The first-order chi connectivity index (χ1) is 15.7. The van der Waals surface area contributed by atoms with Crippen molar-refractivity contribution in [3.8, 4) is 17.1 Å². The maximum absolute atomic E-state index is 6.04. The molecule has 0 spiro atoms. The average molecular weight is 436 g/mol. The number of nitrogens with one attached hydrogen (secondary N) is 2. The zero-order valence-corrected chi connectivity index (χ0v) is 20.3. The number of nitrogens with zero attached hydrogens (tertiary/aromatic N) is 1. The van der Waals surface area contributed by atoms with Crippen molar-refractivity contribution in [2.75, 3.05) is 0 Å². The van der Waals surface area contributed by atoms with Gasteiger partial charge in [-0.3, -0.25) is 4.99 Å². The van der Waals surface area contributed by atoms with Crippen molar-refractivity contribution < 1.29 is 4.74 Å². The quantitative estimate of drug-likeness (QED) is 0.272. The maximum Gasteiger partial charge on any atom is 0.141 e. The zero-order chi connectivity index (χ0) is 22.6. The molecule has 1 aliphatic rings. The molecule has 0 radical (unpaired) electrons. The number of ether oxygens (including phenoxy) is 1. The van der Waals surface area contributed by atoms with Crippen LogP contribution in [0.4, 0.5) is 0 Å². The molecule has 174 valence electrons. The van der Waals surface area contributed by atoms with E-state index in [2.05, 4.69) is 61.1 Å². The van der Waals surface area contributed by atoms with Crippen LogP contribution in [0.5, 0.6) is 5.75 Å². The van der Waals surface area contributed by atoms with Gasteiger partial charge in [0.05, 0.1) is 28.9 Å². The monoisotopic (exact) mass is 435 g/mol. The van der Waals surface area contributed by atoms with Gasteiger partial charge in [0.2, 0.25) is 0 Å². The lowest BCUT2D eigenvalue weighted by Gasteiger charge is -2.09. The number of aliphatic imine (C=N–C) groups is 1. The fourth-order valence-electron chi connectivity index (χ4n) is 4.13. The van der Waals surface area contributed by atoms with E-state index >= 15 is 0 Å². The van der Waals surface area contributed by atoms with Gasteiger partial charge in [-0.2, -0.15) is 0 Å². The van der Waals surface area contributed by atoms with E-state index in [9.17, 15) is 0 Å². The molecule has 3 rings (SSSR count). The molecule has 0 saturated heterocycles. The minimum Gasteiger partial charge on any atom is -0.489 e. The molecule has 1 aliphatic heterocycles. The highest BCUT2D eigenvalue weighted by molar-refractivity contribution is 5.98. The Kier molecular flexibility index (Phi) is 9.93. The van der Waals surface area contributed by atoms with Gasteiger partial charge in [-0.1, -0.05) is 64.4 Å². The number of rotatable bonds is 15. The third-order valence-electron chi connectivity index (χ3n) is 5.88. The van der Waals surface area contributed by atoms with E-state index in [1.807, 2.05) is 12.3 Å². The van der Waals surface area contributed by atoms with Crippen LogP contribution < -0.4 is 4.74 Å². The summed E-state index contributed by atoms with van der Waals surface area (Å²) in [5.41, 5.74) is 5.49. The molecular weight excluding hydrogens is 394 g/mol. The van der Waals surface area contributed by atoms with Crippen molar-refractivity contribution in [3.05, 3.63) is 54.0 Å². The topological polar surface area (TPSA) is 53.2 Å². The fraction of sp³-hybridized carbons (Fsp3) is 0.536. The Hall–Kier alpha value is -2.49. The molecule has 0 aromatic carbocycles. The fourth-order valence-corrected chi connectivity index (χ4v) is 4.13. The van der Waals surface area contributed by atoms with E-state index in [1.54, 1.807) is 0 Å². The van der Waals surface area contributed by atoms with Crippen LogP contribution in [-0.4, -0.2) is 21.8 Å². The molecule has 4 nitrogen and oxygen atoms in total.